The van der Waals surface area contributed by atoms with Crippen LogP contribution in [-0.2, 0) is 0 Å². The molecule has 0 heterocycles. The molecule has 1 nitrogen and oxygen atoms in total. The van der Waals surface area contributed by atoms with Crippen molar-refractivity contribution >= 4 is 0 Å². The molecule has 2 aromatic carbocycles. The van der Waals surface area contributed by atoms with Crippen LogP contribution >= 0.6 is 0 Å². The number of allylic oxidation sites excluding steroid dienone is 2. The summed E-state index contributed by atoms with van der Waals surface area (Å²) in [6.45, 7) is 2.00. The summed E-state index contributed by atoms with van der Waals surface area (Å²) in [5, 5.41) is 9.93. The quantitative estimate of drug-likeness (QED) is 0.778. The van der Waals surface area contributed by atoms with Gasteiger partial charge in [0, 0.05) is 11.5 Å². The number of hydrogen-bond acceptors (Lipinski definition) is 1. The fraction of sp³-hybridized carbons (Fsp3) is 0.125. The molecule has 17 heavy (non-hydrogen) atoms. The van der Waals surface area contributed by atoms with Gasteiger partial charge in [0.05, 0.1) is 0 Å². The van der Waals surface area contributed by atoms with Gasteiger partial charge in [-0.05, 0) is 18.6 Å². The molecule has 2 rings (SSSR count). The Morgan fingerprint density at radius 1 is 0.941 bits per heavy atom. The Kier molecular flexibility index (Phi) is 3.61. The summed E-state index contributed by atoms with van der Waals surface area (Å²) in [6.07, 6.45) is 4.12. The lowest BCUT2D eigenvalue weighted by Gasteiger charge is -2.15. The molecule has 0 saturated carbocycles. The van der Waals surface area contributed by atoms with Crippen molar-refractivity contribution in [1.82, 2.24) is 0 Å². The van der Waals surface area contributed by atoms with Crippen molar-refractivity contribution in [3.8, 4) is 5.75 Å². The highest BCUT2D eigenvalue weighted by Crippen LogP contribution is 2.31. The van der Waals surface area contributed by atoms with Gasteiger partial charge < -0.3 is 5.11 Å². The van der Waals surface area contributed by atoms with Crippen molar-refractivity contribution < 1.29 is 5.11 Å². The second-order valence-electron chi connectivity index (χ2n) is 3.97. The van der Waals surface area contributed by atoms with E-state index in [1.54, 1.807) is 6.07 Å². The van der Waals surface area contributed by atoms with E-state index < -0.39 is 0 Å². The smallest absolute Gasteiger partial charge is 0.119 e. The maximum absolute atomic E-state index is 9.93. The second-order valence-corrected chi connectivity index (χ2v) is 3.97. The van der Waals surface area contributed by atoms with Gasteiger partial charge in [-0.1, -0.05) is 60.7 Å². The summed E-state index contributed by atoms with van der Waals surface area (Å²) in [4.78, 5) is 0. The van der Waals surface area contributed by atoms with E-state index in [9.17, 15) is 5.11 Å². The van der Waals surface area contributed by atoms with E-state index in [0.717, 1.165) is 5.56 Å². The molecule has 1 N–H and O–H groups in total. The maximum atomic E-state index is 9.93. The number of phenolic OH excluding ortho intramolecular Hbond substituents is 1. The van der Waals surface area contributed by atoms with Crippen LogP contribution < -0.4 is 0 Å². The minimum absolute atomic E-state index is 0.113. The zero-order valence-corrected chi connectivity index (χ0v) is 9.88. The van der Waals surface area contributed by atoms with Gasteiger partial charge >= 0.3 is 0 Å². The normalized spacial score (nSPS) is 12.8. The van der Waals surface area contributed by atoms with Crippen molar-refractivity contribution in [2.45, 2.75) is 12.8 Å². The molecular formula is C16H16O. The SMILES string of the molecule is C/C=C/[C@H](c1ccccc1)c1ccccc1O. The fourth-order valence-electron chi connectivity index (χ4n) is 2.00. The highest BCUT2D eigenvalue weighted by atomic mass is 16.3. The Balaban J connectivity index is 2.47. The molecule has 0 aliphatic heterocycles. The first-order valence-electron chi connectivity index (χ1n) is 5.78. The first-order valence-corrected chi connectivity index (χ1v) is 5.78. The van der Waals surface area contributed by atoms with Crippen LogP contribution in [0.5, 0.6) is 5.75 Å². The van der Waals surface area contributed by atoms with E-state index in [0.29, 0.717) is 5.75 Å². The monoisotopic (exact) mass is 224 g/mol. The number of phenols is 1. The van der Waals surface area contributed by atoms with Crippen LogP contribution in [0.2, 0.25) is 0 Å². The first-order chi connectivity index (χ1) is 8.33. The first kappa shape index (κ1) is 11.5. The zero-order chi connectivity index (χ0) is 12.1. The maximum Gasteiger partial charge on any atom is 0.119 e. The third-order valence-electron chi connectivity index (χ3n) is 2.82. The molecule has 0 unspecified atom stereocenters. The zero-order valence-electron chi connectivity index (χ0n) is 9.88. The molecule has 0 fully saturated rings. The number of benzene rings is 2. The second kappa shape index (κ2) is 5.35. The molecule has 86 valence electrons. The topological polar surface area (TPSA) is 20.2 Å². The van der Waals surface area contributed by atoms with Gasteiger partial charge in [-0.15, -0.1) is 0 Å². The van der Waals surface area contributed by atoms with Crippen LogP contribution in [0, 0.1) is 0 Å². The number of rotatable bonds is 3. The number of para-hydroxylation sites is 1. The molecule has 1 heteroatoms. The number of aromatic hydroxyl groups is 1. The van der Waals surface area contributed by atoms with Gasteiger partial charge in [0.15, 0.2) is 0 Å². The van der Waals surface area contributed by atoms with Gasteiger partial charge in [-0.2, -0.15) is 0 Å². The third-order valence-corrected chi connectivity index (χ3v) is 2.82. The van der Waals surface area contributed by atoms with Crippen molar-refractivity contribution in [2.24, 2.45) is 0 Å². The number of hydrogen-bond donors (Lipinski definition) is 1. The molecule has 2 aromatic rings. The summed E-state index contributed by atoms with van der Waals surface area (Å²) in [6, 6.07) is 17.7. The van der Waals surface area contributed by atoms with Crippen LogP contribution in [0.3, 0.4) is 0 Å². The lowest BCUT2D eigenvalue weighted by molar-refractivity contribution is 0.467. The van der Waals surface area contributed by atoms with Crippen molar-refractivity contribution in [3.63, 3.8) is 0 Å². The average molecular weight is 224 g/mol. The summed E-state index contributed by atoms with van der Waals surface area (Å²) in [5.41, 5.74) is 2.13. The van der Waals surface area contributed by atoms with E-state index in [4.69, 9.17) is 0 Å². The predicted octanol–water partition coefficient (Wildman–Crippen LogP) is 4.10. The van der Waals surface area contributed by atoms with E-state index in [2.05, 4.69) is 18.2 Å². The molecule has 0 saturated heterocycles. The summed E-state index contributed by atoms with van der Waals surface area (Å²) < 4.78 is 0. The predicted molar refractivity (Wildman–Crippen MR) is 71.2 cm³/mol. The Hall–Kier alpha value is -2.02. The minimum Gasteiger partial charge on any atom is -0.508 e. The van der Waals surface area contributed by atoms with Gasteiger partial charge in [-0.25, -0.2) is 0 Å². The average Bonchev–Trinajstić information content (AvgIpc) is 2.38. The molecule has 0 spiro atoms. The highest BCUT2D eigenvalue weighted by molar-refractivity contribution is 5.44. The molecule has 0 amide bonds. The van der Waals surface area contributed by atoms with E-state index in [1.165, 1.54) is 5.56 Å². The van der Waals surface area contributed by atoms with E-state index >= 15 is 0 Å². The van der Waals surface area contributed by atoms with Crippen LogP contribution in [0.4, 0.5) is 0 Å². The highest BCUT2D eigenvalue weighted by Gasteiger charge is 2.13. The summed E-state index contributed by atoms with van der Waals surface area (Å²) >= 11 is 0. The molecular weight excluding hydrogens is 208 g/mol. The summed E-state index contributed by atoms with van der Waals surface area (Å²) in [7, 11) is 0. The Morgan fingerprint density at radius 3 is 2.24 bits per heavy atom. The molecule has 1 atom stereocenters. The summed E-state index contributed by atoms with van der Waals surface area (Å²) in [5.74, 6) is 0.460. The fourth-order valence-corrected chi connectivity index (χ4v) is 2.00. The van der Waals surface area contributed by atoms with Crippen LogP contribution in [0.1, 0.15) is 24.0 Å². The molecule has 0 bridgehead atoms. The van der Waals surface area contributed by atoms with Crippen LogP contribution in [0.25, 0.3) is 0 Å². The molecule has 0 aliphatic rings. The van der Waals surface area contributed by atoms with Gasteiger partial charge in [-0.3, -0.25) is 0 Å². The lowest BCUT2D eigenvalue weighted by atomic mass is 9.90. The lowest BCUT2D eigenvalue weighted by Crippen LogP contribution is -1.97. The van der Waals surface area contributed by atoms with Crippen LogP contribution in [0.15, 0.2) is 66.7 Å². The molecule has 0 aliphatic carbocycles. The van der Waals surface area contributed by atoms with Crippen molar-refractivity contribution in [2.75, 3.05) is 0 Å². The van der Waals surface area contributed by atoms with E-state index in [1.807, 2.05) is 49.4 Å². The Labute approximate surface area is 102 Å². The largest absolute Gasteiger partial charge is 0.508 e. The Morgan fingerprint density at radius 2 is 1.59 bits per heavy atom. The minimum atomic E-state index is 0.113. The van der Waals surface area contributed by atoms with Crippen LogP contribution in [-0.4, -0.2) is 5.11 Å². The van der Waals surface area contributed by atoms with Gasteiger partial charge in [0.2, 0.25) is 0 Å². The van der Waals surface area contributed by atoms with E-state index in [-0.39, 0.29) is 5.92 Å². The third kappa shape index (κ3) is 2.56. The van der Waals surface area contributed by atoms with Crippen molar-refractivity contribution in [1.29, 1.82) is 0 Å². The Bertz CT molecular complexity index is 500. The molecule has 0 radical (unpaired) electrons. The molecule has 0 aromatic heterocycles. The standard InChI is InChI=1S/C16H16O/c1-2-8-14(13-9-4-3-5-10-13)15-11-6-7-12-16(15)17/h2-12,14,17H,1H3/b8-2+/t14-/m1/s1. The van der Waals surface area contributed by atoms with Crippen molar-refractivity contribution in [3.05, 3.63) is 77.9 Å². The van der Waals surface area contributed by atoms with Gasteiger partial charge in [0.1, 0.15) is 5.75 Å². The van der Waals surface area contributed by atoms with Gasteiger partial charge in [0.25, 0.3) is 0 Å².